The number of hydrogen-bond acceptors (Lipinski definition) is 6. The number of nitrogens with zero attached hydrogens (tertiary/aromatic N) is 1. The smallest absolute Gasteiger partial charge is 0.493 e. The molecule has 1 aliphatic carbocycles. The zero-order valence-electron chi connectivity index (χ0n) is 24.6. The van der Waals surface area contributed by atoms with Crippen molar-refractivity contribution in [3.05, 3.63) is 72.0 Å². The molecule has 0 atom stereocenters. The maximum Gasteiger partial charge on any atom is 0.573 e. The summed E-state index contributed by atoms with van der Waals surface area (Å²) in [6, 6.07) is 14.3. The number of ether oxygens (including phenoxy) is 3. The van der Waals surface area contributed by atoms with Gasteiger partial charge in [-0.1, -0.05) is 12.1 Å². The van der Waals surface area contributed by atoms with Crippen molar-refractivity contribution in [2.75, 3.05) is 26.3 Å². The third-order valence-electron chi connectivity index (χ3n) is 8.23. The molecule has 3 aromatic rings. The van der Waals surface area contributed by atoms with Crippen molar-refractivity contribution in [3.63, 3.8) is 0 Å². The van der Waals surface area contributed by atoms with Crippen molar-refractivity contribution in [1.82, 2.24) is 9.62 Å². The molecule has 1 aliphatic heterocycles. The highest BCUT2D eigenvalue weighted by Crippen LogP contribution is 2.50. The van der Waals surface area contributed by atoms with Crippen molar-refractivity contribution in [1.29, 1.82) is 0 Å². The van der Waals surface area contributed by atoms with Crippen LogP contribution in [0.5, 0.6) is 17.2 Å². The van der Waals surface area contributed by atoms with E-state index in [0.29, 0.717) is 44.1 Å². The van der Waals surface area contributed by atoms with Crippen LogP contribution < -0.4 is 18.9 Å². The van der Waals surface area contributed by atoms with Crippen LogP contribution in [-0.2, 0) is 16.6 Å². The third kappa shape index (κ3) is 7.65. The number of halogens is 4. The van der Waals surface area contributed by atoms with Gasteiger partial charge in [0.1, 0.15) is 23.1 Å². The molecular formula is C32H36F4N2O5S. The van der Waals surface area contributed by atoms with Gasteiger partial charge in [0.05, 0.1) is 23.7 Å². The minimum absolute atomic E-state index is 0.0630. The predicted molar refractivity (Wildman–Crippen MR) is 158 cm³/mol. The Kier molecular flexibility index (Phi) is 9.43. The van der Waals surface area contributed by atoms with Gasteiger partial charge >= 0.3 is 6.36 Å². The van der Waals surface area contributed by atoms with E-state index in [-0.39, 0.29) is 22.2 Å². The highest BCUT2D eigenvalue weighted by molar-refractivity contribution is 7.89. The fraction of sp³-hybridized carbons (Fsp3) is 0.438. The molecular weight excluding hydrogens is 600 g/mol. The summed E-state index contributed by atoms with van der Waals surface area (Å²) >= 11 is 0. The van der Waals surface area contributed by atoms with Gasteiger partial charge in [0.25, 0.3) is 0 Å². The normalized spacial score (nSPS) is 17.3. The molecule has 2 fully saturated rings. The highest BCUT2D eigenvalue weighted by atomic mass is 32.2. The molecule has 1 saturated carbocycles. The van der Waals surface area contributed by atoms with Crippen molar-refractivity contribution in [3.8, 4) is 28.4 Å². The number of piperidine rings is 1. The summed E-state index contributed by atoms with van der Waals surface area (Å²) in [6.07, 6.45) is -1.56. The van der Waals surface area contributed by atoms with Gasteiger partial charge in [0.15, 0.2) is 0 Å². The minimum Gasteiger partial charge on any atom is -0.493 e. The van der Waals surface area contributed by atoms with Crippen LogP contribution in [0.3, 0.4) is 0 Å². The molecule has 3 aromatic carbocycles. The Labute approximate surface area is 255 Å². The van der Waals surface area contributed by atoms with Gasteiger partial charge in [-0.2, -0.15) is 0 Å². The molecule has 1 N–H and O–H groups in total. The summed E-state index contributed by atoms with van der Waals surface area (Å²) in [7, 11) is -3.87. The van der Waals surface area contributed by atoms with E-state index in [1.807, 2.05) is 26.0 Å². The number of nitrogens with one attached hydrogen (secondary N) is 1. The van der Waals surface area contributed by atoms with E-state index in [9.17, 15) is 26.0 Å². The summed E-state index contributed by atoms with van der Waals surface area (Å²) in [5.41, 5.74) is 2.72. The molecule has 44 heavy (non-hydrogen) atoms. The van der Waals surface area contributed by atoms with E-state index in [1.54, 1.807) is 12.1 Å². The largest absolute Gasteiger partial charge is 0.573 e. The van der Waals surface area contributed by atoms with E-state index in [4.69, 9.17) is 9.47 Å². The summed E-state index contributed by atoms with van der Waals surface area (Å²) in [6.45, 7) is 7.18. The number of rotatable bonds is 11. The van der Waals surface area contributed by atoms with Gasteiger partial charge in [-0.05, 0) is 118 Å². The first-order chi connectivity index (χ1) is 20.9. The quantitative estimate of drug-likeness (QED) is 0.231. The molecule has 238 valence electrons. The Morgan fingerprint density at radius 2 is 1.48 bits per heavy atom. The lowest BCUT2D eigenvalue weighted by Gasteiger charge is -2.52. The molecule has 0 bridgehead atoms. The molecule has 12 heteroatoms. The van der Waals surface area contributed by atoms with Gasteiger partial charge in [-0.25, -0.2) is 17.5 Å². The molecule has 0 radical (unpaired) electrons. The molecule has 7 nitrogen and oxygen atoms in total. The molecule has 0 unspecified atom stereocenters. The molecule has 1 saturated heterocycles. The second-order valence-corrected chi connectivity index (χ2v) is 13.1. The molecule has 0 aromatic heterocycles. The van der Waals surface area contributed by atoms with Crippen molar-refractivity contribution in [2.24, 2.45) is 5.41 Å². The number of hydrogen-bond donors (Lipinski definition) is 1. The van der Waals surface area contributed by atoms with Crippen LogP contribution in [0.4, 0.5) is 17.6 Å². The lowest BCUT2D eigenvalue weighted by atomic mass is 9.60. The minimum atomic E-state index is -4.84. The standard InChI is InChI=1S/C32H36F4N2O5S/c1-3-41-28-17-22(18-29(42-4-2)30(28)23-5-7-24(33)8-6-23)21-38-15-13-31(14-16-38)19-25(20-31)37-44(39,40)27-11-9-26(10-12-27)43-32(34,35)36/h5-12,17-18,25,37H,3-4,13-16,19-21H2,1-2H3. The highest BCUT2D eigenvalue weighted by Gasteiger charge is 2.47. The lowest BCUT2D eigenvalue weighted by molar-refractivity contribution is -0.274. The van der Waals surface area contributed by atoms with Crippen molar-refractivity contribution < 1.29 is 40.2 Å². The van der Waals surface area contributed by atoms with Crippen LogP contribution in [0.25, 0.3) is 11.1 Å². The maximum absolute atomic E-state index is 13.6. The van der Waals surface area contributed by atoms with Gasteiger partial charge in [0.2, 0.25) is 10.0 Å². The molecule has 0 amide bonds. The van der Waals surface area contributed by atoms with Gasteiger partial charge < -0.3 is 14.2 Å². The summed E-state index contributed by atoms with van der Waals surface area (Å²) in [5.74, 6) is 0.584. The van der Waals surface area contributed by atoms with Crippen LogP contribution in [-0.4, -0.2) is 52.0 Å². The number of alkyl halides is 3. The first kappa shape index (κ1) is 32.1. The number of sulfonamides is 1. The zero-order valence-corrected chi connectivity index (χ0v) is 25.4. The molecule has 1 spiro atoms. The number of likely N-dealkylation sites (tertiary alicyclic amines) is 1. The summed E-state index contributed by atoms with van der Waals surface area (Å²) in [4.78, 5) is 2.26. The van der Waals surface area contributed by atoms with Crippen LogP contribution >= 0.6 is 0 Å². The van der Waals surface area contributed by atoms with E-state index in [1.165, 1.54) is 12.1 Å². The van der Waals surface area contributed by atoms with E-state index in [2.05, 4.69) is 14.4 Å². The van der Waals surface area contributed by atoms with Crippen LogP contribution in [0.2, 0.25) is 0 Å². The average molecular weight is 637 g/mol. The van der Waals surface area contributed by atoms with Crippen molar-refractivity contribution in [2.45, 2.75) is 63.4 Å². The fourth-order valence-electron chi connectivity index (χ4n) is 6.20. The Morgan fingerprint density at radius 1 is 0.909 bits per heavy atom. The topological polar surface area (TPSA) is 77.1 Å². The lowest BCUT2D eigenvalue weighted by Crippen LogP contribution is -2.54. The third-order valence-corrected chi connectivity index (χ3v) is 9.77. The van der Waals surface area contributed by atoms with Crippen LogP contribution in [0.15, 0.2) is 65.6 Å². The Morgan fingerprint density at radius 3 is 2.00 bits per heavy atom. The zero-order chi connectivity index (χ0) is 31.5. The van der Waals surface area contributed by atoms with E-state index < -0.39 is 22.1 Å². The summed E-state index contributed by atoms with van der Waals surface area (Å²) in [5, 5.41) is 0. The second-order valence-electron chi connectivity index (χ2n) is 11.4. The maximum atomic E-state index is 13.6. The number of benzene rings is 3. The SMILES string of the molecule is CCOc1cc(CN2CCC3(CC2)CC(NS(=O)(=O)c2ccc(OC(F)(F)F)cc2)C3)cc(OCC)c1-c1ccc(F)cc1. The first-order valence-corrected chi connectivity index (χ1v) is 16.2. The molecule has 1 heterocycles. The Balaban J connectivity index is 1.18. The monoisotopic (exact) mass is 636 g/mol. The van der Waals surface area contributed by atoms with E-state index >= 15 is 0 Å². The first-order valence-electron chi connectivity index (χ1n) is 14.7. The van der Waals surface area contributed by atoms with E-state index in [0.717, 1.165) is 66.9 Å². The second kappa shape index (κ2) is 12.9. The van der Waals surface area contributed by atoms with Crippen LogP contribution in [0.1, 0.15) is 45.1 Å². The van der Waals surface area contributed by atoms with Gasteiger partial charge in [-0.3, -0.25) is 4.90 Å². The average Bonchev–Trinajstić information content (AvgIpc) is 2.94. The Bertz CT molecular complexity index is 1500. The molecule has 2 aliphatic rings. The van der Waals surface area contributed by atoms with Crippen LogP contribution in [0, 0.1) is 11.2 Å². The predicted octanol–water partition coefficient (Wildman–Crippen LogP) is 6.91. The summed E-state index contributed by atoms with van der Waals surface area (Å²) < 4.78 is 95.0. The van der Waals surface area contributed by atoms with Gasteiger partial charge in [0, 0.05) is 12.6 Å². The molecule has 5 rings (SSSR count). The van der Waals surface area contributed by atoms with Gasteiger partial charge in [-0.15, -0.1) is 13.2 Å². The Hall–Kier alpha value is -3.35. The fourth-order valence-corrected chi connectivity index (χ4v) is 7.44. The van der Waals surface area contributed by atoms with Crippen molar-refractivity contribution >= 4 is 10.0 Å².